The van der Waals surface area contributed by atoms with E-state index in [-0.39, 0.29) is 11.9 Å². The highest BCUT2D eigenvalue weighted by Crippen LogP contribution is 2.23. The van der Waals surface area contributed by atoms with Gasteiger partial charge in [-0.05, 0) is 49.7 Å². The van der Waals surface area contributed by atoms with Crippen molar-refractivity contribution in [3.63, 3.8) is 0 Å². The fourth-order valence-electron chi connectivity index (χ4n) is 3.16. The van der Waals surface area contributed by atoms with Crippen LogP contribution in [0, 0.1) is 0 Å². The fraction of sp³-hybridized carbons (Fsp3) is 0.429. The average molecular weight is 368 g/mol. The molecule has 3 rings (SSSR count). The normalized spacial score (nSPS) is 15.4. The predicted octanol–water partition coefficient (Wildman–Crippen LogP) is 2.95. The smallest absolute Gasteiger partial charge is 0.270 e. The van der Waals surface area contributed by atoms with E-state index in [4.69, 9.17) is 4.74 Å². The summed E-state index contributed by atoms with van der Waals surface area (Å²) in [4.78, 5) is 21.2. The molecule has 1 aromatic carbocycles. The number of piperazine rings is 1. The van der Waals surface area contributed by atoms with Gasteiger partial charge in [0.25, 0.3) is 5.91 Å². The van der Waals surface area contributed by atoms with Gasteiger partial charge in [0.05, 0.1) is 7.11 Å². The number of nitrogens with one attached hydrogen (secondary N) is 1. The van der Waals surface area contributed by atoms with Crippen molar-refractivity contribution in [2.75, 3.05) is 43.1 Å². The van der Waals surface area contributed by atoms with Crippen molar-refractivity contribution in [3.05, 3.63) is 48.3 Å². The number of nitrogens with zero attached hydrogens (tertiary/aromatic N) is 3. The van der Waals surface area contributed by atoms with Crippen LogP contribution in [0.1, 0.15) is 30.8 Å². The highest BCUT2D eigenvalue weighted by Gasteiger charge is 2.19. The van der Waals surface area contributed by atoms with Gasteiger partial charge in [0.1, 0.15) is 11.4 Å². The number of benzene rings is 1. The van der Waals surface area contributed by atoms with Gasteiger partial charge in [-0.25, -0.2) is 0 Å². The third kappa shape index (κ3) is 4.70. The number of pyridine rings is 1. The van der Waals surface area contributed by atoms with Crippen LogP contribution in [-0.4, -0.2) is 50.2 Å². The lowest BCUT2D eigenvalue weighted by molar-refractivity contribution is 0.0934. The maximum atomic E-state index is 12.3. The molecule has 1 N–H and O–H groups in total. The van der Waals surface area contributed by atoms with Crippen LogP contribution >= 0.6 is 0 Å². The molecule has 2 aromatic rings. The molecule has 1 saturated heterocycles. The van der Waals surface area contributed by atoms with Crippen LogP contribution in [0.4, 0.5) is 11.4 Å². The van der Waals surface area contributed by atoms with E-state index in [0.717, 1.165) is 44.0 Å². The van der Waals surface area contributed by atoms with E-state index in [1.165, 1.54) is 5.69 Å². The van der Waals surface area contributed by atoms with Crippen LogP contribution in [0.15, 0.2) is 42.6 Å². The van der Waals surface area contributed by atoms with Crippen LogP contribution in [0.2, 0.25) is 0 Å². The molecule has 1 aromatic heterocycles. The van der Waals surface area contributed by atoms with Crippen molar-refractivity contribution in [2.24, 2.45) is 0 Å². The number of amides is 1. The Bertz CT molecular complexity index is 755. The van der Waals surface area contributed by atoms with Gasteiger partial charge in [-0.2, -0.15) is 0 Å². The van der Waals surface area contributed by atoms with Crippen molar-refractivity contribution in [1.82, 2.24) is 10.3 Å². The summed E-state index contributed by atoms with van der Waals surface area (Å²) in [5.41, 5.74) is 2.73. The first-order chi connectivity index (χ1) is 13.1. The highest BCUT2D eigenvalue weighted by atomic mass is 16.5. The molecule has 1 amide bonds. The maximum absolute atomic E-state index is 12.3. The van der Waals surface area contributed by atoms with E-state index in [9.17, 15) is 4.79 Å². The zero-order valence-corrected chi connectivity index (χ0v) is 16.3. The monoisotopic (exact) mass is 368 g/mol. The number of ether oxygens (including phenoxy) is 1. The van der Waals surface area contributed by atoms with Crippen LogP contribution in [-0.2, 0) is 0 Å². The lowest BCUT2D eigenvalue weighted by atomic mass is 10.2. The molecule has 0 bridgehead atoms. The van der Waals surface area contributed by atoms with E-state index in [0.29, 0.717) is 5.69 Å². The Labute approximate surface area is 161 Å². The summed E-state index contributed by atoms with van der Waals surface area (Å²) in [6, 6.07) is 12.2. The van der Waals surface area contributed by atoms with Crippen molar-refractivity contribution in [3.8, 4) is 5.75 Å². The minimum atomic E-state index is -0.108. The van der Waals surface area contributed by atoms with Gasteiger partial charge in [-0.1, -0.05) is 6.92 Å². The van der Waals surface area contributed by atoms with E-state index in [2.05, 4.69) is 39.2 Å². The van der Waals surface area contributed by atoms with Gasteiger partial charge in [0.15, 0.2) is 0 Å². The standard InChI is InChI=1S/C21H28N4O2/c1-4-16(2)23-21(26)20-15-18(9-10-22-20)25-13-11-24(12-14-25)17-5-7-19(27-3)8-6-17/h5-10,15-16H,4,11-14H2,1-3H3,(H,23,26). The summed E-state index contributed by atoms with van der Waals surface area (Å²) < 4.78 is 5.23. The first-order valence-electron chi connectivity index (χ1n) is 9.51. The fourth-order valence-corrected chi connectivity index (χ4v) is 3.16. The van der Waals surface area contributed by atoms with E-state index < -0.39 is 0 Å². The Kier molecular flexibility index (Phi) is 6.16. The average Bonchev–Trinajstić information content (AvgIpc) is 2.74. The second kappa shape index (κ2) is 8.75. The van der Waals surface area contributed by atoms with Crippen molar-refractivity contribution >= 4 is 17.3 Å². The third-order valence-electron chi connectivity index (χ3n) is 5.05. The number of aromatic nitrogens is 1. The number of rotatable bonds is 6. The van der Waals surface area contributed by atoms with E-state index in [1.807, 2.05) is 31.2 Å². The molecule has 27 heavy (non-hydrogen) atoms. The quantitative estimate of drug-likeness (QED) is 0.850. The maximum Gasteiger partial charge on any atom is 0.270 e. The van der Waals surface area contributed by atoms with Gasteiger partial charge in [-0.15, -0.1) is 0 Å². The minimum Gasteiger partial charge on any atom is -0.497 e. The van der Waals surface area contributed by atoms with Gasteiger partial charge in [0, 0.05) is 49.8 Å². The molecule has 1 aliphatic heterocycles. The first kappa shape index (κ1) is 19.0. The molecule has 1 unspecified atom stereocenters. The number of carbonyl (C=O) groups is 1. The van der Waals surface area contributed by atoms with E-state index in [1.54, 1.807) is 13.3 Å². The summed E-state index contributed by atoms with van der Waals surface area (Å²) in [6.07, 6.45) is 2.62. The summed E-state index contributed by atoms with van der Waals surface area (Å²) >= 11 is 0. The highest BCUT2D eigenvalue weighted by molar-refractivity contribution is 5.93. The lowest BCUT2D eigenvalue weighted by Gasteiger charge is -2.37. The zero-order chi connectivity index (χ0) is 19.2. The number of hydrogen-bond donors (Lipinski definition) is 1. The Morgan fingerprint density at radius 3 is 2.33 bits per heavy atom. The first-order valence-corrected chi connectivity index (χ1v) is 9.51. The molecule has 6 nitrogen and oxygen atoms in total. The Morgan fingerprint density at radius 1 is 1.11 bits per heavy atom. The third-order valence-corrected chi connectivity index (χ3v) is 5.05. The summed E-state index contributed by atoms with van der Waals surface area (Å²) in [6.45, 7) is 7.73. The topological polar surface area (TPSA) is 57.7 Å². The molecule has 1 fully saturated rings. The van der Waals surface area contributed by atoms with Gasteiger partial charge >= 0.3 is 0 Å². The molecular formula is C21H28N4O2. The summed E-state index contributed by atoms with van der Waals surface area (Å²) in [5, 5.41) is 2.98. The Balaban J connectivity index is 1.62. The number of anilines is 2. The van der Waals surface area contributed by atoms with Gasteiger partial charge in [-0.3, -0.25) is 9.78 Å². The predicted molar refractivity (Wildman–Crippen MR) is 109 cm³/mol. The molecule has 2 heterocycles. The minimum absolute atomic E-state index is 0.108. The second-order valence-electron chi connectivity index (χ2n) is 6.85. The summed E-state index contributed by atoms with van der Waals surface area (Å²) in [5.74, 6) is 0.764. The van der Waals surface area contributed by atoms with Crippen LogP contribution in [0.25, 0.3) is 0 Å². The number of methoxy groups -OCH3 is 1. The largest absolute Gasteiger partial charge is 0.497 e. The Hall–Kier alpha value is -2.76. The van der Waals surface area contributed by atoms with Crippen LogP contribution < -0.4 is 19.9 Å². The van der Waals surface area contributed by atoms with Gasteiger partial charge in [0.2, 0.25) is 0 Å². The number of carbonyl (C=O) groups excluding carboxylic acids is 1. The second-order valence-corrected chi connectivity index (χ2v) is 6.85. The molecule has 0 radical (unpaired) electrons. The van der Waals surface area contributed by atoms with Gasteiger partial charge < -0.3 is 19.9 Å². The molecule has 0 saturated carbocycles. The van der Waals surface area contributed by atoms with Crippen LogP contribution in [0.3, 0.4) is 0 Å². The van der Waals surface area contributed by atoms with Crippen molar-refractivity contribution in [2.45, 2.75) is 26.3 Å². The lowest BCUT2D eigenvalue weighted by Crippen LogP contribution is -2.46. The number of hydrogen-bond acceptors (Lipinski definition) is 5. The van der Waals surface area contributed by atoms with Crippen molar-refractivity contribution in [1.29, 1.82) is 0 Å². The van der Waals surface area contributed by atoms with E-state index >= 15 is 0 Å². The molecule has 6 heteroatoms. The molecule has 0 aliphatic carbocycles. The Morgan fingerprint density at radius 2 is 1.74 bits per heavy atom. The molecule has 0 spiro atoms. The molecule has 144 valence electrons. The molecule has 1 atom stereocenters. The molecule has 1 aliphatic rings. The molecular weight excluding hydrogens is 340 g/mol. The van der Waals surface area contributed by atoms with Crippen LogP contribution in [0.5, 0.6) is 5.75 Å². The van der Waals surface area contributed by atoms with Crippen molar-refractivity contribution < 1.29 is 9.53 Å². The zero-order valence-electron chi connectivity index (χ0n) is 16.3. The SMILES string of the molecule is CCC(C)NC(=O)c1cc(N2CCN(c3ccc(OC)cc3)CC2)ccn1. The summed E-state index contributed by atoms with van der Waals surface area (Å²) in [7, 11) is 1.68.